The van der Waals surface area contributed by atoms with Gasteiger partial charge in [0.25, 0.3) is 5.95 Å². The van der Waals surface area contributed by atoms with Crippen LogP contribution in [-0.4, -0.2) is 32.2 Å². The first-order chi connectivity index (χ1) is 14.3. The fourth-order valence-electron chi connectivity index (χ4n) is 2.25. The summed E-state index contributed by atoms with van der Waals surface area (Å²) < 4.78 is 14.2. The van der Waals surface area contributed by atoms with Gasteiger partial charge in [0, 0.05) is 5.02 Å². The lowest BCUT2D eigenvalue weighted by molar-refractivity contribution is -0.113. The average Bonchev–Trinajstić information content (AvgIpc) is 3.07. The van der Waals surface area contributed by atoms with E-state index in [4.69, 9.17) is 29.0 Å². The van der Waals surface area contributed by atoms with E-state index in [1.165, 1.54) is 16.8 Å². The third-order valence-electron chi connectivity index (χ3n) is 3.78. The summed E-state index contributed by atoms with van der Waals surface area (Å²) in [6.45, 7) is 1.75. The molecule has 0 atom stereocenters. The Bertz CT molecular complexity index is 1090. The van der Waals surface area contributed by atoms with Crippen molar-refractivity contribution in [3.63, 3.8) is 0 Å². The number of thioether (sulfide) groups is 1. The Kier molecular flexibility index (Phi) is 7.14. The summed E-state index contributed by atoms with van der Waals surface area (Å²) in [4.78, 5) is 12.2. The standard InChI is InChI=1S/C18H16Cl2FN7OS/c1-10(11-2-5-13(21)6-3-11)24-25-17-26-27-18(28(17)22)30-9-16(29)23-15-8-12(19)4-7-14(15)20/h2-8H,9,22H2,1H3,(H,23,29)(H,25,26)/b24-10+. The summed E-state index contributed by atoms with van der Waals surface area (Å²) >= 11 is 13.0. The molecule has 0 spiro atoms. The molecule has 0 saturated carbocycles. The number of nitrogen functional groups attached to an aromatic ring is 1. The monoisotopic (exact) mass is 467 g/mol. The number of aromatic nitrogens is 3. The van der Waals surface area contributed by atoms with E-state index in [0.717, 1.165) is 17.3 Å². The second kappa shape index (κ2) is 9.79. The molecular formula is C18H16Cl2FN7OS. The maximum atomic E-state index is 13.0. The minimum atomic E-state index is -0.329. The van der Waals surface area contributed by atoms with Crippen LogP contribution in [0.5, 0.6) is 0 Å². The number of amides is 1. The molecule has 8 nitrogen and oxygen atoms in total. The van der Waals surface area contributed by atoms with Gasteiger partial charge in [-0.3, -0.25) is 4.79 Å². The van der Waals surface area contributed by atoms with Crippen molar-refractivity contribution < 1.29 is 9.18 Å². The van der Waals surface area contributed by atoms with Crippen LogP contribution in [0.25, 0.3) is 0 Å². The highest BCUT2D eigenvalue weighted by Crippen LogP contribution is 2.26. The molecule has 2 aromatic carbocycles. The maximum Gasteiger partial charge on any atom is 0.264 e. The highest BCUT2D eigenvalue weighted by molar-refractivity contribution is 7.99. The first kappa shape index (κ1) is 21.9. The zero-order chi connectivity index (χ0) is 21.7. The summed E-state index contributed by atoms with van der Waals surface area (Å²) in [6, 6.07) is 10.7. The van der Waals surface area contributed by atoms with Gasteiger partial charge >= 0.3 is 0 Å². The fraction of sp³-hybridized carbons (Fsp3) is 0.111. The smallest absolute Gasteiger partial charge is 0.264 e. The fourth-order valence-corrected chi connectivity index (χ4v) is 3.24. The molecule has 0 aliphatic rings. The Morgan fingerprint density at radius 1 is 1.23 bits per heavy atom. The van der Waals surface area contributed by atoms with E-state index >= 15 is 0 Å². The van der Waals surface area contributed by atoms with Crippen LogP contribution in [0.3, 0.4) is 0 Å². The number of hydrazone groups is 1. The Morgan fingerprint density at radius 2 is 1.97 bits per heavy atom. The Balaban J connectivity index is 1.58. The van der Waals surface area contributed by atoms with Gasteiger partial charge in [0.05, 0.1) is 22.2 Å². The van der Waals surface area contributed by atoms with Crippen molar-refractivity contribution in [1.82, 2.24) is 14.9 Å². The molecule has 1 heterocycles. The number of carbonyl (C=O) groups is 1. The van der Waals surface area contributed by atoms with Gasteiger partial charge in [-0.15, -0.1) is 10.2 Å². The number of rotatable bonds is 7. The van der Waals surface area contributed by atoms with Gasteiger partial charge in [0.1, 0.15) is 5.82 Å². The SMILES string of the molecule is C/C(=N\Nc1nnc(SCC(=O)Nc2cc(Cl)ccc2Cl)n1N)c1ccc(F)cc1. The van der Waals surface area contributed by atoms with E-state index in [1.54, 1.807) is 37.3 Å². The van der Waals surface area contributed by atoms with Crippen LogP contribution < -0.4 is 16.6 Å². The molecule has 156 valence electrons. The van der Waals surface area contributed by atoms with Crippen LogP contribution in [0, 0.1) is 5.82 Å². The van der Waals surface area contributed by atoms with E-state index in [2.05, 4.69) is 26.0 Å². The van der Waals surface area contributed by atoms with Crippen LogP contribution in [0.4, 0.5) is 16.0 Å². The highest BCUT2D eigenvalue weighted by Gasteiger charge is 2.13. The third kappa shape index (κ3) is 5.62. The predicted octanol–water partition coefficient (Wildman–Crippen LogP) is 4.00. The lowest BCUT2D eigenvalue weighted by Crippen LogP contribution is -2.17. The zero-order valence-corrected chi connectivity index (χ0v) is 17.9. The van der Waals surface area contributed by atoms with Gasteiger partial charge in [0.15, 0.2) is 0 Å². The minimum absolute atomic E-state index is 0.0239. The molecule has 0 radical (unpaired) electrons. The van der Waals surface area contributed by atoms with Crippen LogP contribution in [0.15, 0.2) is 52.7 Å². The Morgan fingerprint density at radius 3 is 2.70 bits per heavy atom. The van der Waals surface area contributed by atoms with Gasteiger partial charge in [-0.1, -0.05) is 47.1 Å². The summed E-state index contributed by atoms with van der Waals surface area (Å²) in [7, 11) is 0. The lowest BCUT2D eigenvalue weighted by Gasteiger charge is -2.07. The minimum Gasteiger partial charge on any atom is -0.334 e. The second-order valence-electron chi connectivity index (χ2n) is 5.95. The first-order valence-corrected chi connectivity index (χ1v) is 10.2. The molecule has 0 saturated heterocycles. The van der Waals surface area contributed by atoms with E-state index in [1.807, 2.05) is 0 Å². The van der Waals surface area contributed by atoms with Crippen molar-refractivity contribution in [2.24, 2.45) is 5.10 Å². The van der Waals surface area contributed by atoms with Crippen molar-refractivity contribution in [2.75, 3.05) is 22.3 Å². The first-order valence-electron chi connectivity index (χ1n) is 8.48. The van der Waals surface area contributed by atoms with Crippen molar-refractivity contribution in [3.05, 3.63) is 63.9 Å². The zero-order valence-electron chi connectivity index (χ0n) is 15.6. The molecule has 12 heteroatoms. The molecule has 1 aromatic heterocycles. The number of anilines is 2. The summed E-state index contributed by atoms with van der Waals surface area (Å²) in [5.41, 5.74) is 4.45. The molecule has 30 heavy (non-hydrogen) atoms. The average molecular weight is 468 g/mol. The molecular weight excluding hydrogens is 452 g/mol. The Hall–Kier alpha value is -2.82. The normalized spacial score (nSPS) is 11.4. The number of halogens is 3. The van der Waals surface area contributed by atoms with Crippen LogP contribution in [-0.2, 0) is 4.79 Å². The van der Waals surface area contributed by atoms with Crippen LogP contribution in [0.2, 0.25) is 10.0 Å². The van der Waals surface area contributed by atoms with Gasteiger partial charge in [-0.05, 0) is 42.8 Å². The van der Waals surface area contributed by atoms with Gasteiger partial charge < -0.3 is 11.2 Å². The van der Waals surface area contributed by atoms with Gasteiger partial charge in [-0.2, -0.15) is 5.10 Å². The van der Waals surface area contributed by atoms with Crippen molar-refractivity contribution in [2.45, 2.75) is 12.1 Å². The van der Waals surface area contributed by atoms with Crippen LogP contribution in [0.1, 0.15) is 12.5 Å². The largest absolute Gasteiger partial charge is 0.334 e. The number of hydrogen-bond acceptors (Lipinski definition) is 7. The molecule has 0 bridgehead atoms. The van der Waals surface area contributed by atoms with Crippen molar-refractivity contribution in [1.29, 1.82) is 0 Å². The second-order valence-corrected chi connectivity index (χ2v) is 7.74. The van der Waals surface area contributed by atoms with Gasteiger partial charge in [-0.25, -0.2) is 14.5 Å². The quantitative estimate of drug-likeness (QED) is 0.209. The molecule has 0 fully saturated rings. The molecule has 0 aliphatic carbocycles. The third-order valence-corrected chi connectivity index (χ3v) is 5.29. The molecule has 0 unspecified atom stereocenters. The number of nitrogens with zero attached hydrogens (tertiary/aromatic N) is 4. The van der Waals surface area contributed by atoms with E-state index in [9.17, 15) is 9.18 Å². The number of carbonyl (C=O) groups excluding carboxylic acids is 1. The topological polar surface area (TPSA) is 110 Å². The van der Waals surface area contributed by atoms with Crippen molar-refractivity contribution >= 4 is 58.2 Å². The summed E-state index contributed by atoms with van der Waals surface area (Å²) in [5, 5.41) is 15.8. The summed E-state index contributed by atoms with van der Waals surface area (Å²) in [6.07, 6.45) is 0. The van der Waals surface area contributed by atoms with E-state index < -0.39 is 0 Å². The van der Waals surface area contributed by atoms with Gasteiger partial charge in [0.2, 0.25) is 11.1 Å². The number of nitrogens with one attached hydrogen (secondary N) is 2. The molecule has 1 amide bonds. The van der Waals surface area contributed by atoms with Crippen LogP contribution >= 0.6 is 35.0 Å². The highest BCUT2D eigenvalue weighted by atomic mass is 35.5. The summed E-state index contributed by atoms with van der Waals surface area (Å²) in [5.74, 6) is 5.51. The molecule has 4 N–H and O–H groups in total. The molecule has 0 aliphatic heterocycles. The maximum absolute atomic E-state index is 13.0. The number of nitrogens with two attached hydrogens (primary N) is 1. The van der Waals surface area contributed by atoms with E-state index in [0.29, 0.717) is 26.6 Å². The lowest BCUT2D eigenvalue weighted by atomic mass is 10.1. The molecule has 3 rings (SSSR count). The number of hydrogen-bond donors (Lipinski definition) is 3. The molecule has 3 aromatic rings. The van der Waals surface area contributed by atoms with E-state index in [-0.39, 0.29) is 23.4 Å². The Labute approximate surface area is 185 Å². The number of benzene rings is 2. The predicted molar refractivity (Wildman–Crippen MR) is 118 cm³/mol. The van der Waals surface area contributed by atoms with Crippen molar-refractivity contribution in [3.8, 4) is 0 Å².